The smallest absolute Gasteiger partial charge is 0.341 e. The Hall–Kier alpha value is -3.53. The van der Waals surface area contributed by atoms with Crippen LogP contribution in [0.4, 0.5) is 0 Å². The summed E-state index contributed by atoms with van der Waals surface area (Å²) in [5, 5.41) is 18.8. The maximum Gasteiger partial charge on any atom is 0.341 e. The van der Waals surface area contributed by atoms with Crippen molar-refractivity contribution in [2.45, 2.75) is 13.3 Å². The Balaban J connectivity index is 2.11. The van der Waals surface area contributed by atoms with Gasteiger partial charge in [-0.1, -0.05) is 61.5 Å². The van der Waals surface area contributed by atoms with E-state index in [4.69, 9.17) is 9.84 Å². The predicted molar refractivity (Wildman–Crippen MR) is 110 cm³/mol. The van der Waals surface area contributed by atoms with Gasteiger partial charge in [0.2, 0.25) is 0 Å². The number of rotatable bonds is 7. The van der Waals surface area contributed by atoms with Crippen LogP contribution >= 0.6 is 0 Å². The van der Waals surface area contributed by atoms with Crippen LogP contribution in [0.25, 0.3) is 11.1 Å². The van der Waals surface area contributed by atoms with Crippen LogP contribution in [0.3, 0.4) is 0 Å². The van der Waals surface area contributed by atoms with Crippen LogP contribution in [0.15, 0.2) is 78.9 Å². The number of allylic oxidation sites excluding steroid dienone is 1. The van der Waals surface area contributed by atoms with Gasteiger partial charge in [0, 0.05) is 0 Å². The van der Waals surface area contributed by atoms with Gasteiger partial charge in [-0.2, -0.15) is 0 Å². The fourth-order valence-corrected chi connectivity index (χ4v) is 3.20. The molecule has 4 nitrogen and oxygen atoms in total. The maximum atomic E-state index is 10.7. The van der Waals surface area contributed by atoms with Crippen LogP contribution in [-0.4, -0.2) is 22.8 Å². The lowest BCUT2D eigenvalue weighted by atomic mass is 9.88. The van der Waals surface area contributed by atoms with E-state index in [1.54, 1.807) is 24.3 Å². The summed E-state index contributed by atoms with van der Waals surface area (Å²) in [6, 6.07) is 24.7. The van der Waals surface area contributed by atoms with Crippen molar-refractivity contribution in [3.05, 3.63) is 95.6 Å². The van der Waals surface area contributed by atoms with Crippen LogP contribution < -0.4 is 4.74 Å². The van der Waals surface area contributed by atoms with Gasteiger partial charge in [0.1, 0.15) is 11.5 Å². The largest absolute Gasteiger partial charge is 0.508 e. The molecule has 0 atom stereocenters. The van der Waals surface area contributed by atoms with Crippen molar-refractivity contribution in [1.29, 1.82) is 0 Å². The minimum absolute atomic E-state index is 0.208. The summed E-state index contributed by atoms with van der Waals surface area (Å²) in [7, 11) is 0. The molecule has 0 saturated carbocycles. The zero-order chi connectivity index (χ0) is 19.9. The summed E-state index contributed by atoms with van der Waals surface area (Å²) in [5.41, 5.74) is 5.18. The number of phenolic OH excluding ortho intramolecular Hbond substituents is 1. The van der Waals surface area contributed by atoms with Crippen LogP contribution in [0.2, 0.25) is 0 Å². The van der Waals surface area contributed by atoms with E-state index in [0.29, 0.717) is 5.75 Å². The molecule has 0 radical (unpaired) electrons. The quantitative estimate of drug-likeness (QED) is 0.556. The van der Waals surface area contributed by atoms with Crippen molar-refractivity contribution in [1.82, 2.24) is 0 Å². The normalized spacial score (nSPS) is 11.6. The summed E-state index contributed by atoms with van der Waals surface area (Å²) < 4.78 is 5.24. The number of hydrogen-bond donors (Lipinski definition) is 2. The fraction of sp³-hybridized carbons (Fsp3) is 0.125. The first-order valence-corrected chi connectivity index (χ1v) is 9.11. The summed E-state index contributed by atoms with van der Waals surface area (Å²) in [6.45, 7) is 1.73. The first kappa shape index (κ1) is 19.2. The first-order chi connectivity index (χ1) is 13.6. The highest BCUT2D eigenvalue weighted by molar-refractivity contribution is 5.98. The van der Waals surface area contributed by atoms with E-state index >= 15 is 0 Å². The Morgan fingerprint density at radius 1 is 0.857 bits per heavy atom. The molecule has 142 valence electrons. The summed E-state index contributed by atoms with van der Waals surface area (Å²) >= 11 is 0. The minimum Gasteiger partial charge on any atom is -0.508 e. The maximum absolute atomic E-state index is 10.7. The van der Waals surface area contributed by atoms with Crippen LogP contribution in [0.5, 0.6) is 11.5 Å². The highest BCUT2D eigenvalue weighted by Gasteiger charge is 2.14. The molecule has 0 aromatic heterocycles. The van der Waals surface area contributed by atoms with Crippen LogP contribution in [0.1, 0.15) is 30.0 Å². The molecule has 0 unspecified atom stereocenters. The molecule has 3 aromatic carbocycles. The average Bonchev–Trinajstić information content (AvgIpc) is 2.71. The molecule has 0 heterocycles. The van der Waals surface area contributed by atoms with Gasteiger partial charge in [-0.15, -0.1) is 0 Å². The molecular weight excluding hydrogens is 352 g/mol. The van der Waals surface area contributed by atoms with Gasteiger partial charge < -0.3 is 14.9 Å². The monoisotopic (exact) mass is 374 g/mol. The molecule has 3 aromatic rings. The van der Waals surface area contributed by atoms with Gasteiger partial charge >= 0.3 is 5.97 Å². The lowest BCUT2D eigenvalue weighted by Crippen LogP contribution is -2.09. The second kappa shape index (κ2) is 8.91. The number of ether oxygens (including phenoxy) is 1. The number of aliphatic carboxylic acids is 1. The van der Waals surface area contributed by atoms with E-state index in [2.05, 4.69) is 19.1 Å². The van der Waals surface area contributed by atoms with E-state index in [9.17, 15) is 9.90 Å². The van der Waals surface area contributed by atoms with E-state index in [-0.39, 0.29) is 12.4 Å². The molecule has 0 aliphatic heterocycles. The molecule has 0 amide bonds. The van der Waals surface area contributed by atoms with E-state index in [1.807, 2.05) is 42.5 Å². The number of aromatic hydroxyl groups is 1. The van der Waals surface area contributed by atoms with Gasteiger partial charge in [-0.25, -0.2) is 4.79 Å². The molecule has 0 saturated heterocycles. The highest BCUT2D eigenvalue weighted by Crippen LogP contribution is 2.35. The molecule has 3 rings (SSSR count). The van der Waals surface area contributed by atoms with Crippen molar-refractivity contribution < 1.29 is 19.7 Å². The van der Waals surface area contributed by atoms with Gasteiger partial charge in [0.05, 0.1) is 0 Å². The SMILES string of the molecule is CCC(=C(c1ccc(OCC(=O)O)cc1)c1cccc(O)c1)c1ccccc1. The van der Waals surface area contributed by atoms with Crippen molar-refractivity contribution in [2.24, 2.45) is 0 Å². The van der Waals surface area contributed by atoms with Gasteiger partial charge in [0.25, 0.3) is 0 Å². The first-order valence-electron chi connectivity index (χ1n) is 9.11. The molecule has 0 fully saturated rings. The van der Waals surface area contributed by atoms with Crippen molar-refractivity contribution in [3.63, 3.8) is 0 Å². The third-order valence-electron chi connectivity index (χ3n) is 4.42. The zero-order valence-corrected chi connectivity index (χ0v) is 15.6. The lowest BCUT2D eigenvalue weighted by molar-refractivity contribution is -0.139. The molecule has 0 aliphatic carbocycles. The Morgan fingerprint density at radius 3 is 2.14 bits per heavy atom. The predicted octanol–water partition coefficient (Wildman–Crippen LogP) is 5.22. The van der Waals surface area contributed by atoms with E-state index in [1.165, 1.54) is 0 Å². The molecule has 0 spiro atoms. The molecule has 28 heavy (non-hydrogen) atoms. The third kappa shape index (κ3) is 4.60. The number of carbonyl (C=O) groups is 1. The Morgan fingerprint density at radius 2 is 1.54 bits per heavy atom. The molecular formula is C24H22O4. The number of carboxylic acids is 1. The van der Waals surface area contributed by atoms with Crippen LogP contribution in [0, 0.1) is 0 Å². The van der Waals surface area contributed by atoms with Crippen molar-refractivity contribution in [3.8, 4) is 11.5 Å². The third-order valence-corrected chi connectivity index (χ3v) is 4.42. The summed E-state index contributed by atoms with van der Waals surface area (Å²) in [5.74, 6) is -0.305. The standard InChI is InChI=1S/C24H22O4/c1-2-22(17-7-4-3-5-8-17)24(19-9-6-10-20(25)15-19)18-11-13-21(14-12-18)28-16-23(26)27/h3-15,25H,2,16H2,1H3,(H,26,27). The Kier molecular flexibility index (Phi) is 6.12. The molecule has 0 bridgehead atoms. The molecule has 2 N–H and O–H groups in total. The van der Waals surface area contributed by atoms with Gasteiger partial charge in [-0.05, 0) is 58.5 Å². The fourth-order valence-electron chi connectivity index (χ4n) is 3.20. The van der Waals surface area contributed by atoms with Crippen LogP contribution in [-0.2, 0) is 4.79 Å². The zero-order valence-electron chi connectivity index (χ0n) is 15.6. The summed E-state index contributed by atoms with van der Waals surface area (Å²) in [6.07, 6.45) is 0.812. The molecule has 4 heteroatoms. The Labute approximate surface area is 164 Å². The molecule has 0 aliphatic rings. The number of phenols is 1. The van der Waals surface area contributed by atoms with Gasteiger partial charge in [-0.3, -0.25) is 0 Å². The average molecular weight is 374 g/mol. The second-order valence-corrected chi connectivity index (χ2v) is 6.33. The van der Waals surface area contributed by atoms with Gasteiger partial charge in [0.15, 0.2) is 6.61 Å². The second-order valence-electron chi connectivity index (χ2n) is 6.33. The lowest BCUT2D eigenvalue weighted by Gasteiger charge is -2.17. The van der Waals surface area contributed by atoms with Crippen molar-refractivity contribution in [2.75, 3.05) is 6.61 Å². The number of carboxylic acid groups (broad SMARTS) is 1. The van der Waals surface area contributed by atoms with E-state index in [0.717, 1.165) is 34.3 Å². The Bertz CT molecular complexity index is 973. The van der Waals surface area contributed by atoms with E-state index < -0.39 is 5.97 Å². The highest BCUT2D eigenvalue weighted by atomic mass is 16.5. The topological polar surface area (TPSA) is 66.8 Å². The number of hydrogen-bond acceptors (Lipinski definition) is 3. The number of benzene rings is 3. The summed E-state index contributed by atoms with van der Waals surface area (Å²) in [4.78, 5) is 10.7. The minimum atomic E-state index is -1.01. The van der Waals surface area contributed by atoms with Crippen molar-refractivity contribution >= 4 is 17.1 Å².